The highest BCUT2D eigenvalue weighted by Crippen LogP contribution is 2.31. The Morgan fingerprint density at radius 3 is 2.72 bits per heavy atom. The van der Waals surface area contributed by atoms with E-state index in [0.29, 0.717) is 16.2 Å². The van der Waals surface area contributed by atoms with E-state index in [1.54, 1.807) is 18.2 Å². The Hall–Kier alpha value is -0.860. The second-order valence-electron chi connectivity index (χ2n) is 3.65. The maximum absolute atomic E-state index is 13.9. The monoisotopic (exact) mass is 376 g/mol. The molecule has 0 aliphatic heterocycles. The van der Waals surface area contributed by atoms with E-state index < -0.39 is 11.2 Å². The highest BCUT2D eigenvalue weighted by molar-refractivity contribution is 14.1. The second-order valence-corrected chi connectivity index (χ2v) is 6.24. The molecule has 3 nitrogen and oxygen atoms in total. The molecular formula is C12H10FIN2OS. The summed E-state index contributed by atoms with van der Waals surface area (Å²) < 4.78 is 26.2. The molecule has 1 heterocycles. The molecule has 18 heavy (non-hydrogen) atoms. The minimum absolute atomic E-state index is 0.262. The lowest BCUT2D eigenvalue weighted by atomic mass is 10.1. The van der Waals surface area contributed by atoms with E-state index in [9.17, 15) is 8.94 Å². The Labute approximate surface area is 121 Å². The zero-order chi connectivity index (χ0) is 13.3. The number of aromatic nitrogens is 1. The van der Waals surface area contributed by atoms with Crippen LogP contribution >= 0.6 is 22.6 Å². The molecule has 1 aromatic carbocycles. The highest BCUT2D eigenvalue weighted by Gasteiger charge is 2.17. The van der Waals surface area contributed by atoms with Gasteiger partial charge in [-0.3, -0.25) is 4.98 Å². The molecule has 6 heteroatoms. The van der Waals surface area contributed by atoms with Gasteiger partial charge in [0.25, 0.3) is 0 Å². The third kappa shape index (κ3) is 2.60. The lowest BCUT2D eigenvalue weighted by molar-refractivity contribution is 0.601. The summed E-state index contributed by atoms with van der Waals surface area (Å²) in [6.45, 7) is 0. The molecule has 0 saturated heterocycles. The number of nitrogens with zero attached hydrogens (tertiary/aromatic N) is 1. The van der Waals surface area contributed by atoms with Gasteiger partial charge in [-0.15, -0.1) is 0 Å². The summed E-state index contributed by atoms with van der Waals surface area (Å²) in [7, 11) is 0. The van der Waals surface area contributed by atoms with E-state index in [-0.39, 0.29) is 11.5 Å². The minimum Gasteiger partial charge on any atom is -0.612 e. The molecule has 94 valence electrons. The van der Waals surface area contributed by atoms with Crippen molar-refractivity contribution in [1.29, 1.82) is 0 Å². The number of rotatable bonds is 2. The molecule has 2 N–H and O–H groups in total. The molecule has 0 spiro atoms. The number of pyridine rings is 1. The molecular weight excluding hydrogens is 366 g/mol. The van der Waals surface area contributed by atoms with Crippen LogP contribution in [0.3, 0.4) is 0 Å². The van der Waals surface area contributed by atoms with E-state index in [0.717, 1.165) is 3.57 Å². The van der Waals surface area contributed by atoms with Crippen molar-refractivity contribution in [3.63, 3.8) is 0 Å². The molecule has 0 aliphatic carbocycles. The van der Waals surface area contributed by atoms with Gasteiger partial charge in [0.05, 0.1) is 0 Å². The fraction of sp³-hybridized carbons (Fsp3) is 0.0833. The normalized spacial score (nSPS) is 12.4. The smallest absolute Gasteiger partial charge is 0.179 e. The molecule has 1 unspecified atom stereocenters. The minimum atomic E-state index is -1.22. The zero-order valence-corrected chi connectivity index (χ0v) is 12.5. The van der Waals surface area contributed by atoms with Crippen LogP contribution in [0.15, 0.2) is 35.4 Å². The van der Waals surface area contributed by atoms with Crippen LogP contribution in [0.1, 0.15) is 0 Å². The first kappa shape index (κ1) is 13.6. The number of benzene rings is 1. The van der Waals surface area contributed by atoms with Gasteiger partial charge < -0.3 is 10.3 Å². The van der Waals surface area contributed by atoms with Crippen LogP contribution in [0.25, 0.3) is 11.3 Å². The number of hydrogen-bond acceptors (Lipinski definition) is 3. The van der Waals surface area contributed by atoms with Gasteiger partial charge in [0, 0.05) is 21.4 Å². The number of halogens is 2. The van der Waals surface area contributed by atoms with Crippen LogP contribution in [0, 0.1) is 9.39 Å². The topological polar surface area (TPSA) is 62.0 Å². The van der Waals surface area contributed by atoms with Crippen LogP contribution in [0.2, 0.25) is 0 Å². The Bertz CT molecular complexity index is 592. The Kier molecular flexibility index (Phi) is 4.08. The first-order valence-electron chi connectivity index (χ1n) is 5.04. The van der Waals surface area contributed by atoms with Crippen molar-refractivity contribution in [1.82, 2.24) is 4.98 Å². The van der Waals surface area contributed by atoms with E-state index in [4.69, 9.17) is 5.73 Å². The molecule has 0 fully saturated rings. The van der Waals surface area contributed by atoms with Crippen molar-refractivity contribution in [3.8, 4) is 11.3 Å². The van der Waals surface area contributed by atoms with Gasteiger partial charge >= 0.3 is 0 Å². The van der Waals surface area contributed by atoms with Crippen molar-refractivity contribution in [3.05, 3.63) is 39.8 Å². The Balaban J connectivity index is 2.61. The van der Waals surface area contributed by atoms with E-state index >= 15 is 0 Å². The molecule has 1 aromatic heterocycles. The first-order valence-corrected chi connectivity index (χ1v) is 7.67. The van der Waals surface area contributed by atoms with Gasteiger partial charge in [0.2, 0.25) is 0 Å². The average Bonchev–Trinajstić information content (AvgIpc) is 2.30. The van der Waals surface area contributed by atoms with E-state index in [1.807, 2.05) is 22.6 Å². The van der Waals surface area contributed by atoms with Gasteiger partial charge in [-0.1, -0.05) is 0 Å². The molecule has 1 atom stereocenters. The summed E-state index contributed by atoms with van der Waals surface area (Å²) in [4.78, 5) is 4.55. The summed E-state index contributed by atoms with van der Waals surface area (Å²) in [6.07, 6.45) is 3.01. The summed E-state index contributed by atoms with van der Waals surface area (Å²) >= 11 is 0.803. The van der Waals surface area contributed by atoms with Crippen LogP contribution in [-0.4, -0.2) is 15.8 Å². The lowest BCUT2D eigenvalue weighted by Crippen LogP contribution is -2.05. The van der Waals surface area contributed by atoms with Crippen molar-refractivity contribution < 1.29 is 8.94 Å². The van der Waals surface area contributed by atoms with Crippen molar-refractivity contribution in [2.45, 2.75) is 4.90 Å². The quantitative estimate of drug-likeness (QED) is 0.648. The number of nitrogen functional groups attached to an aromatic ring is 1. The van der Waals surface area contributed by atoms with E-state index in [1.165, 1.54) is 18.5 Å². The van der Waals surface area contributed by atoms with Crippen LogP contribution < -0.4 is 5.73 Å². The third-order valence-corrected chi connectivity index (χ3v) is 4.09. The fourth-order valence-electron chi connectivity index (χ4n) is 1.60. The van der Waals surface area contributed by atoms with Crippen LogP contribution in [0.4, 0.5) is 10.1 Å². The predicted molar refractivity (Wildman–Crippen MR) is 79.1 cm³/mol. The maximum atomic E-state index is 13.9. The molecule has 0 bridgehead atoms. The van der Waals surface area contributed by atoms with Gasteiger partial charge in [-0.25, -0.2) is 4.39 Å². The van der Waals surface area contributed by atoms with Gasteiger partial charge in [-0.05, 0) is 52.0 Å². The lowest BCUT2D eigenvalue weighted by Gasteiger charge is -2.11. The zero-order valence-electron chi connectivity index (χ0n) is 9.48. The largest absolute Gasteiger partial charge is 0.612 e. The molecule has 0 aliphatic rings. The van der Waals surface area contributed by atoms with Crippen molar-refractivity contribution >= 4 is 39.5 Å². The summed E-state index contributed by atoms with van der Waals surface area (Å²) in [6, 6.07) is 6.39. The van der Waals surface area contributed by atoms with Crippen LogP contribution in [-0.2, 0) is 11.2 Å². The van der Waals surface area contributed by atoms with Crippen molar-refractivity contribution in [2.75, 3.05) is 12.0 Å². The summed E-state index contributed by atoms with van der Waals surface area (Å²) in [5, 5.41) is 0. The summed E-state index contributed by atoms with van der Waals surface area (Å²) in [5.41, 5.74) is 6.81. The predicted octanol–water partition coefficient (Wildman–Crippen LogP) is 2.81. The molecule has 2 aromatic rings. The standard InChI is InChI=1S/C12H10FIN2OS/c1-18(17)10-4-5-16-12(11(10)15)8-3-2-7(14)6-9(8)13/h2-6H,15H2,1H3. The fourth-order valence-corrected chi connectivity index (χ4v) is 2.71. The van der Waals surface area contributed by atoms with Gasteiger partial charge in [-0.2, -0.15) is 0 Å². The van der Waals surface area contributed by atoms with E-state index in [2.05, 4.69) is 4.98 Å². The van der Waals surface area contributed by atoms with Crippen molar-refractivity contribution in [2.24, 2.45) is 0 Å². The summed E-state index contributed by atoms with van der Waals surface area (Å²) in [5.74, 6) is -0.389. The number of hydrogen-bond donors (Lipinski definition) is 1. The Morgan fingerprint density at radius 2 is 2.11 bits per heavy atom. The molecule has 0 radical (unpaired) electrons. The molecule has 0 saturated carbocycles. The highest BCUT2D eigenvalue weighted by atomic mass is 127. The van der Waals surface area contributed by atoms with Gasteiger partial charge in [0.15, 0.2) is 4.90 Å². The number of nitrogens with two attached hydrogens (primary N) is 1. The maximum Gasteiger partial charge on any atom is 0.179 e. The third-order valence-electron chi connectivity index (χ3n) is 2.45. The Morgan fingerprint density at radius 1 is 1.39 bits per heavy atom. The first-order chi connectivity index (χ1) is 8.50. The van der Waals surface area contributed by atoms with Crippen LogP contribution in [0.5, 0.6) is 0 Å². The number of anilines is 1. The SMILES string of the molecule is C[S+]([O-])c1ccnc(-c2ccc(I)cc2F)c1N. The average molecular weight is 376 g/mol. The second kappa shape index (κ2) is 5.41. The molecule has 2 rings (SSSR count). The molecule has 0 amide bonds. The van der Waals surface area contributed by atoms with Gasteiger partial charge in [0.1, 0.15) is 23.5 Å².